The highest BCUT2D eigenvalue weighted by molar-refractivity contribution is 5.91. The molecule has 134 valence electrons. The Bertz CT molecular complexity index is 1060. The summed E-state index contributed by atoms with van der Waals surface area (Å²) in [5.41, 5.74) is 2.40. The maximum Gasteiger partial charge on any atom is 0.339 e. The molecule has 4 nitrogen and oxygen atoms in total. The summed E-state index contributed by atoms with van der Waals surface area (Å²) in [7, 11) is 0. The molecule has 0 saturated heterocycles. The lowest BCUT2D eigenvalue weighted by molar-refractivity contribution is -0.116. The van der Waals surface area contributed by atoms with Crippen LogP contribution in [0.2, 0.25) is 0 Å². The van der Waals surface area contributed by atoms with Crippen LogP contribution in [0.1, 0.15) is 23.1 Å². The van der Waals surface area contributed by atoms with Crippen LogP contribution in [0, 0.1) is 25.5 Å². The van der Waals surface area contributed by atoms with Gasteiger partial charge in [-0.15, -0.1) is 0 Å². The van der Waals surface area contributed by atoms with Crippen molar-refractivity contribution in [3.63, 3.8) is 0 Å². The fourth-order valence-electron chi connectivity index (χ4n) is 2.83. The second kappa shape index (κ2) is 7.07. The number of hydrogen-bond donors (Lipinski definition) is 1. The third-order valence-corrected chi connectivity index (χ3v) is 4.25. The molecule has 0 bridgehead atoms. The third-order valence-electron chi connectivity index (χ3n) is 4.25. The first-order valence-corrected chi connectivity index (χ1v) is 8.13. The number of rotatable bonds is 4. The zero-order valence-electron chi connectivity index (χ0n) is 14.4. The largest absolute Gasteiger partial charge is 0.423 e. The van der Waals surface area contributed by atoms with E-state index in [0.29, 0.717) is 11.1 Å². The van der Waals surface area contributed by atoms with E-state index in [-0.39, 0.29) is 18.5 Å². The average molecular weight is 357 g/mol. The molecule has 26 heavy (non-hydrogen) atoms. The molecule has 6 heteroatoms. The van der Waals surface area contributed by atoms with E-state index in [1.165, 1.54) is 6.07 Å². The molecule has 1 heterocycles. The van der Waals surface area contributed by atoms with Crippen molar-refractivity contribution in [2.75, 3.05) is 5.32 Å². The van der Waals surface area contributed by atoms with Gasteiger partial charge in [-0.1, -0.05) is 12.1 Å². The lowest BCUT2D eigenvalue weighted by Crippen LogP contribution is -2.16. The molecule has 1 N–H and O–H groups in total. The van der Waals surface area contributed by atoms with Gasteiger partial charge in [-0.25, -0.2) is 13.6 Å². The van der Waals surface area contributed by atoms with Crippen LogP contribution < -0.4 is 10.9 Å². The Balaban J connectivity index is 1.76. The molecule has 0 aliphatic rings. The van der Waals surface area contributed by atoms with Gasteiger partial charge in [-0.2, -0.15) is 0 Å². The van der Waals surface area contributed by atoms with Gasteiger partial charge < -0.3 is 9.73 Å². The first-order valence-electron chi connectivity index (χ1n) is 8.13. The van der Waals surface area contributed by atoms with Crippen molar-refractivity contribution < 1.29 is 18.0 Å². The average Bonchev–Trinajstić information content (AvgIpc) is 2.57. The van der Waals surface area contributed by atoms with Gasteiger partial charge >= 0.3 is 5.63 Å². The Morgan fingerprint density at radius 1 is 1.08 bits per heavy atom. The number of halogens is 2. The predicted octanol–water partition coefficient (Wildman–Crippen LogP) is 4.26. The Kier molecular flexibility index (Phi) is 4.84. The minimum absolute atomic E-state index is 0.0158. The fraction of sp³-hybridized carbons (Fsp3) is 0.200. The number of benzene rings is 2. The molecular weight excluding hydrogens is 340 g/mol. The first-order chi connectivity index (χ1) is 12.3. The standard InChI is InChI=1S/C20H17F2NO3/c1-11-3-5-14-12(2)15(20(25)26-18(14)9-11)6-8-19(24)23-13-4-7-16(21)17(22)10-13/h3-5,7,9-10H,6,8H2,1-2H3,(H,23,24). The van der Waals surface area contributed by atoms with E-state index in [4.69, 9.17) is 4.42 Å². The molecule has 0 unspecified atom stereocenters. The predicted molar refractivity (Wildman–Crippen MR) is 95.3 cm³/mol. The molecule has 0 radical (unpaired) electrons. The minimum Gasteiger partial charge on any atom is -0.423 e. The van der Waals surface area contributed by atoms with E-state index in [9.17, 15) is 18.4 Å². The second-order valence-corrected chi connectivity index (χ2v) is 6.17. The highest BCUT2D eigenvalue weighted by Gasteiger charge is 2.14. The molecule has 0 aliphatic heterocycles. The topological polar surface area (TPSA) is 59.3 Å². The van der Waals surface area contributed by atoms with Crippen LogP contribution in [0.25, 0.3) is 11.0 Å². The quantitative estimate of drug-likeness (QED) is 0.710. The molecule has 3 aromatic rings. The second-order valence-electron chi connectivity index (χ2n) is 6.17. The van der Waals surface area contributed by atoms with Crippen LogP contribution in [0.15, 0.2) is 45.6 Å². The van der Waals surface area contributed by atoms with Gasteiger partial charge in [0.2, 0.25) is 5.91 Å². The molecular formula is C20H17F2NO3. The Morgan fingerprint density at radius 3 is 2.58 bits per heavy atom. The number of hydrogen-bond acceptors (Lipinski definition) is 3. The first kappa shape index (κ1) is 17.8. The van der Waals surface area contributed by atoms with Gasteiger partial charge in [0.15, 0.2) is 11.6 Å². The fourth-order valence-corrected chi connectivity index (χ4v) is 2.83. The molecule has 0 atom stereocenters. The normalized spacial score (nSPS) is 10.9. The van der Waals surface area contributed by atoms with Crippen molar-refractivity contribution in [1.82, 2.24) is 0 Å². The highest BCUT2D eigenvalue weighted by atomic mass is 19.2. The molecule has 0 saturated carbocycles. The summed E-state index contributed by atoms with van der Waals surface area (Å²) in [5, 5.41) is 3.31. The zero-order valence-corrected chi connectivity index (χ0v) is 14.4. The summed E-state index contributed by atoms with van der Waals surface area (Å²) in [6.07, 6.45) is 0.204. The Morgan fingerprint density at radius 2 is 1.85 bits per heavy atom. The van der Waals surface area contributed by atoms with Crippen LogP contribution in [-0.4, -0.2) is 5.91 Å². The summed E-state index contributed by atoms with van der Waals surface area (Å²) < 4.78 is 31.5. The summed E-state index contributed by atoms with van der Waals surface area (Å²) >= 11 is 0. The van der Waals surface area contributed by atoms with Crippen molar-refractivity contribution in [2.45, 2.75) is 26.7 Å². The number of amides is 1. The van der Waals surface area contributed by atoms with E-state index < -0.39 is 23.2 Å². The smallest absolute Gasteiger partial charge is 0.339 e. The number of carbonyl (C=O) groups is 1. The van der Waals surface area contributed by atoms with Gasteiger partial charge in [-0.05, 0) is 49.6 Å². The van der Waals surface area contributed by atoms with Crippen molar-refractivity contribution in [1.29, 1.82) is 0 Å². The van der Waals surface area contributed by atoms with Crippen molar-refractivity contribution >= 4 is 22.6 Å². The number of aryl methyl sites for hydroxylation is 2. The summed E-state index contributed by atoms with van der Waals surface area (Å²) in [6.45, 7) is 3.72. The van der Waals surface area contributed by atoms with Crippen LogP contribution in [0.5, 0.6) is 0 Å². The summed E-state index contributed by atoms with van der Waals surface area (Å²) in [4.78, 5) is 24.3. The van der Waals surface area contributed by atoms with E-state index in [1.54, 1.807) is 6.07 Å². The third kappa shape index (κ3) is 3.64. The van der Waals surface area contributed by atoms with E-state index in [2.05, 4.69) is 5.32 Å². The van der Waals surface area contributed by atoms with Crippen LogP contribution >= 0.6 is 0 Å². The van der Waals surface area contributed by atoms with Gasteiger partial charge in [0.1, 0.15) is 5.58 Å². The van der Waals surface area contributed by atoms with E-state index >= 15 is 0 Å². The number of carbonyl (C=O) groups excluding carboxylic acids is 1. The molecule has 0 aliphatic carbocycles. The summed E-state index contributed by atoms with van der Waals surface area (Å²) in [6, 6.07) is 8.72. The van der Waals surface area contributed by atoms with Crippen LogP contribution in [0.4, 0.5) is 14.5 Å². The highest BCUT2D eigenvalue weighted by Crippen LogP contribution is 2.21. The van der Waals surface area contributed by atoms with Gasteiger partial charge in [0.25, 0.3) is 0 Å². The number of anilines is 1. The van der Waals surface area contributed by atoms with E-state index in [1.807, 2.05) is 26.0 Å². The lowest BCUT2D eigenvalue weighted by Gasteiger charge is -2.09. The molecule has 0 fully saturated rings. The van der Waals surface area contributed by atoms with Crippen molar-refractivity contribution in [2.24, 2.45) is 0 Å². The van der Waals surface area contributed by atoms with E-state index in [0.717, 1.165) is 28.6 Å². The van der Waals surface area contributed by atoms with Crippen molar-refractivity contribution in [3.8, 4) is 0 Å². The Labute approximate surface area is 148 Å². The van der Waals surface area contributed by atoms with Gasteiger partial charge in [0, 0.05) is 29.1 Å². The monoisotopic (exact) mass is 357 g/mol. The SMILES string of the molecule is Cc1ccc2c(C)c(CCC(=O)Nc3ccc(F)c(F)c3)c(=O)oc2c1. The maximum absolute atomic E-state index is 13.2. The minimum atomic E-state index is -1.04. The molecule has 3 rings (SSSR count). The van der Waals surface area contributed by atoms with Gasteiger partial charge in [-0.3, -0.25) is 4.79 Å². The van der Waals surface area contributed by atoms with Crippen LogP contribution in [0.3, 0.4) is 0 Å². The zero-order chi connectivity index (χ0) is 18.8. The maximum atomic E-state index is 13.2. The molecule has 1 aromatic heterocycles. The molecule has 0 spiro atoms. The number of nitrogens with one attached hydrogen (secondary N) is 1. The molecule has 2 aromatic carbocycles. The summed E-state index contributed by atoms with van der Waals surface area (Å²) in [5.74, 6) is -2.43. The Hall–Kier alpha value is -3.02. The molecule has 1 amide bonds. The van der Waals surface area contributed by atoms with Gasteiger partial charge in [0.05, 0.1) is 0 Å². The number of fused-ring (bicyclic) bond motifs is 1. The van der Waals surface area contributed by atoms with Crippen LogP contribution in [-0.2, 0) is 11.2 Å². The van der Waals surface area contributed by atoms with Crippen molar-refractivity contribution in [3.05, 3.63) is 75.1 Å². The lowest BCUT2D eigenvalue weighted by atomic mass is 10.0.